The van der Waals surface area contributed by atoms with Crippen molar-refractivity contribution in [3.8, 4) is 5.88 Å². The predicted octanol–water partition coefficient (Wildman–Crippen LogP) is 2.52. The number of hydrogen-bond donors (Lipinski definition) is 1. The Morgan fingerprint density at radius 3 is 2.94 bits per heavy atom. The molecular weight excluding hydrogens is 232 g/mol. The number of rotatable bonds is 7. The number of allylic oxidation sites excluding steroid dienone is 3. The Kier molecular flexibility index (Phi) is 5.63. The number of aromatic nitrogens is 1. The Morgan fingerprint density at radius 1 is 1.56 bits per heavy atom. The molecular formula is C13H16N2O3. The molecule has 1 heterocycles. The second-order valence-electron chi connectivity index (χ2n) is 3.26. The molecule has 0 aromatic carbocycles. The highest BCUT2D eigenvalue weighted by atomic mass is 16.6. The summed E-state index contributed by atoms with van der Waals surface area (Å²) in [5.74, 6) is 0.737. The van der Waals surface area contributed by atoms with Crippen molar-refractivity contribution in [2.45, 2.75) is 0 Å². The molecule has 18 heavy (non-hydrogen) atoms. The molecule has 5 heteroatoms. The summed E-state index contributed by atoms with van der Waals surface area (Å²) in [5, 5.41) is 10.6. The fraction of sp³-hybridized carbons (Fsp3) is 0.154. The number of nitrogens with zero attached hydrogens (tertiary/aromatic N) is 2. The molecule has 1 rings (SSSR count). The third-order valence-corrected chi connectivity index (χ3v) is 1.98. The van der Waals surface area contributed by atoms with Crippen LogP contribution in [0.1, 0.15) is 0 Å². The zero-order valence-electron chi connectivity index (χ0n) is 10.2. The average molecular weight is 248 g/mol. The topological polar surface area (TPSA) is 54.8 Å². The molecule has 0 aliphatic carbocycles. The van der Waals surface area contributed by atoms with Crippen molar-refractivity contribution in [2.24, 2.45) is 0 Å². The first-order chi connectivity index (χ1) is 8.72. The normalized spacial score (nSPS) is 10.9. The summed E-state index contributed by atoms with van der Waals surface area (Å²) in [6.45, 7) is 7.20. The van der Waals surface area contributed by atoms with E-state index in [2.05, 4.69) is 18.1 Å². The van der Waals surface area contributed by atoms with E-state index in [1.54, 1.807) is 30.5 Å². The molecule has 0 fully saturated rings. The SMILES string of the molecule is C=C/C=C(\C=C)Oc1ncccc1N(O)COC. The third-order valence-electron chi connectivity index (χ3n) is 1.98. The van der Waals surface area contributed by atoms with Crippen LogP contribution in [0.5, 0.6) is 5.88 Å². The maximum absolute atomic E-state index is 9.74. The highest BCUT2D eigenvalue weighted by Gasteiger charge is 2.11. The standard InChI is InChI=1S/C13H16N2O3/c1-4-7-11(5-2)18-13-12(8-6-9-14-13)15(16)10-17-3/h4-9,16H,1-2,10H2,3H3/b11-7+. The molecule has 0 aliphatic heterocycles. The Bertz CT molecular complexity index is 444. The molecule has 0 bridgehead atoms. The molecule has 0 aliphatic rings. The lowest BCUT2D eigenvalue weighted by atomic mass is 10.4. The number of ether oxygens (including phenoxy) is 2. The lowest BCUT2D eigenvalue weighted by Crippen LogP contribution is -2.21. The Hall–Kier alpha value is -2.11. The van der Waals surface area contributed by atoms with Crippen molar-refractivity contribution in [3.63, 3.8) is 0 Å². The van der Waals surface area contributed by atoms with Crippen LogP contribution in [-0.2, 0) is 4.74 Å². The second kappa shape index (κ2) is 7.26. The number of hydrogen-bond acceptors (Lipinski definition) is 5. The Morgan fingerprint density at radius 2 is 2.33 bits per heavy atom. The summed E-state index contributed by atoms with van der Waals surface area (Å²) in [6.07, 6.45) is 6.31. The molecule has 1 aromatic heterocycles. The van der Waals surface area contributed by atoms with E-state index in [1.807, 2.05) is 0 Å². The van der Waals surface area contributed by atoms with Gasteiger partial charge in [0.15, 0.2) is 0 Å². The number of methoxy groups -OCH3 is 1. The lowest BCUT2D eigenvalue weighted by molar-refractivity contribution is 0.108. The molecule has 1 aromatic rings. The fourth-order valence-corrected chi connectivity index (χ4v) is 1.22. The van der Waals surface area contributed by atoms with Crippen LogP contribution in [0.2, 0.25) is 0 Å². The van der Waals surface area contributed by atoms with Gasteiger partial charge in [0.05, 0.1) is 0 Å². The first-order valence-electron chi connectivity index (χ1n) is 5.26. The van der Waals surface area contributed by atoms with Crippen LogP contribution >= 0.6 is 0 Å². The molecule has 0 atom stereocenters. The van der Waals surface area contributed by atoms with Crippen molar-refractivity contribution in [1.82, 2.24) is 4.98 Å². The van der Waals surface area contributed by atoms with Gasteiger partial charge in [-0.2, -0.15) is 0 Å². The van der Waals surface area contributed by atoms with Gasteiger partial charge in [0.1, 0.15) is 18.2 Å². The summed E-state index contributed by atoms with van der Waals surface area (Å²) >= 11 is 0. The molecule has 0 unspecified atom stereocenters. The largest absolute Gasteiger partial charge is 0.437 e. The zero-order valence-corrected chi connectivity index (χ0v) is 10.2. The van der Waals surface area contributed by atoms with Crippen molar-refractivity contribution in [1.29, 1.82) is 0 Å². The summed E-state index contributed by atoms with van der Waals surface area (Å²) in [5.41, 5.74) is 0.399. The molecule has 0 saturated heterocycles. The van der Waals surface area contributed by atoms with Crippen molar-refractivity contribution < 1.29 is 14.7 Å². The Balaban J connectivity index is 2.98. The van der Waals surface area contributed by atoms with Gasteiger partial charge < -0.3 is 9.47 Å². The van der Waals surface area contributed by atoms with Crippen LogP contribution in [0.4, 0.5) is 5.69 Å². The monoisotopic (exact) mass is 248 g/mol. The van der Waals surface area contributed by atoms with Crippen molar-refractivity contribution in [3.05, 3.63) is 55.5 Å². The van der Waals surface area contributed by atoms with Gasteiger partial charge in [-0.3, -0.25) is 5.21 Å². The quantitative estimate of drug-likeness (QED) is 0.348. The van der Waals surface area contributed by atoms with Gasteiger partial charge in [0, 0.05) is 13.3 Å². The maximum atomic E-state index is 9.74. The van der Waals surface area contributed by atoms with Gasteiger partial charge in [-0.1, -0.05) is 19.2 Å². The number of hydroxylamine groups is 1. The highest BCUT2D eigenvalue weighted by Crippen LogP contribution is 2.25. The van der Waals surface area contributed by atoms with Crippen LogP contribution in [0.25, 0.3) is 0 Å². The van der Waals surface area contributed by atoms with E-state index in [0.717, 1.165) is 5.06 Å². The average Bonchev–Trinajstić information content (AvgIpc) is 2.39. The van der Waals surface area contributed by atoms with Gasteiger partial charge in [-0.25, -0.2) is 10.0 Å². The van der Waals surface area contributed by atoms with Gasteiger partial charge in [0.2, 0.25) is 5.88 Å². The minimum absolute atomic E-state index is 0.0106. The van der Waals surface area contributed by atoms with Crippen LogP contribution in [-0.4, -0.2) is 24.0 Å². The smallest absolute Gasteiger partial charge is 0.245 e. The molecule has 0 radical (unpaired) electrons. The van der Waals surface area contributed by atoms with Gasteiger partial charge in [-0.05, 0) is 24.3 Å². The molecule has 1 N–H and O–H groups in total. The molecule has 0 spiro atoms. The van der Waals surface area contributed by atoms with Crippen LogP contribution < -0.4 is 9.80 Å². The predicted molar refractivity (Wildman–Crippen MR) is 69.5 cm³/mol. The molecule has 5 nitrogen and oxygen atoms in total. The van der Waals surface area contributed by atoms with Crippen LogP contribution in [0.15, 0.2) is 55.5 Å². The van der Waals surface area contributed by atoms with E-state index >= 15 is 0 Å². The van der Waals surface area contributed by atoms with E-state index in [1.165, 1.54) is 13.2 Å². The highest BCUT2D eigenvalue weighted by molar-refractivity contribution is 5.52. The van der Waals surface area contributed by atoms with E-state index in [9.17, 15) is 5.21 Å². The van der Waals surface area contributed by atoms with Gasteiger partial charge >= 0.3 is 0 Å². The van der Waals surface area contributed by atoms with Crippen molar-refractivity contribution >= 4 is 5.69 Å². The van der Waals surface area contributed by atoms with Crippen molar-refractivity contribution in [2.75, 3.05) is 18.9 Å². The summed E-state index contributed by atoms with van der Waals surface area (Å²) in [4.78, 5) is 4.05. The molecule has 96 valence electrons. The van der Waals surface area contributed by atoms with E-state index < -0.39 is 0 Å². The first-order valence-corrected chi connectivity index (χ1v) is 5.26. The number of anilines is 1. The third kappa shape index (κ3) is 3.73. The zero-order chi connectivity index (χ0) is 13.4. The van der Waals surface area contributed by atoms with E-state index in [0.29, 0.717) is 11.4 Å². The minimum atomic E-state index is 0.0106. The molecule has 0 amide bonds. The van der Waals surface area contributed by atoms with Gasteiger partial charge in [0.25, 0.3) is 0 Å². The fourth-order valence-electron chi connectivity index (χ4n) is 1.22. The maximum Gasteiger partial charge on any atom is 0.245 e. The minimum Gasteiger partial charge on any atom is -0.437 e. The summed E-state index contributed by atoms with van der Waals surface area (Å²) in [7, 11) is 1.48. The van der Waals surface area contributed by atoms with E-state index in [-0.39, 0.29) is 12.6 Å². The number of pyridine rings is 1. The summed E-state index contributed by atoms with van der Waals surface area (Å²) < 4.78 is 10.3. The lowest BCUT2D eigenvalue weighted by Gasteiger charge is -2.18. The molecule has 0 saturated carbocycles. The first kappa shape index (κ1) is 14.0. The summed E-state index contributed by atoms with van der Waals surface area (Å²) in [6, 6.07) is 3.35. The van der Waals surface area contributed by atoms with Gasteiger partial charge in [-0.15, -0.1) is 0 Å². The van der Waals surface area contributed by atoms with Crippen LogP contribution in [0, 0.1) is 0 Å². The Labute approximate surface area is 106 Å². The van der Waals surface area contributed by atoms with Crippen LogP contribution in [0.3, 0.4) is 0 Å². The second-order valence-corrected chi connectivity index (χ2v) is 3.26. The van der Waals surface area contributed by atoms with E-state index in [4.69, 9.17) is 9.47 Å².